The lowest BCUT2D eigenvalue weighted by Gasteiger charge is -2.57. The van der Waals surface area contributed by atoms with Crippen molar-refractivity contribution in [2.24, 2.45) is 5.41 Å². The van der Waals surface area contributed by atoms with Crippen molar-refractivity contribution in [1.82, 2.24) is 20.7 Å². The predicted octanol–water partition coefficient (Wildman–Crippen LogP) is 4.35. The van der Waals surface area contributed by atoms with E-state index in [9.17, 15) is 4.79 Å². The van der Waals surface area contributed by atoms with E-state index in [4.69, 9.17) is 0 Å². The van der Waals surface area contributed by atoms with Crippen molar-refractivity contribution in [3.8, 4) is 0 Å². The van der Waals surface area contributed by atoms with Crippen LogP contribution in [0.15, 0.2) is 54.6 Å². The Labute approximate surface area is 198 Å². The van der Waals surface area contributed by atoms with E-state index in [1.165, 1.54) is 36.8 Å². The van der Waals surface area contributed by atoms with Crippen LogP contribution < -0.4 is 10.7 Å². The normalized spacial score (nSPS) is 24.0. The number of amides is 1. The molecule has 0 aromatic heterocycles. The van der Waals surface area contributed by atoms with Crippen LogP contribution in [0.5, 0.6) is 0 Å². The molecule has 3 aliphatic rings. The molecule has 2 saturated heterocycles. The number of carbonyl (C=O) groups excluding carboxylic acids is 1. The molecular weight excluding hydrogens is 408 g/mol. The van der Waals surface area contributed by atoms with Gasteiger partial charge >= 0.3 is 0 Å². The molecule has 1 saturated carbocycles. The molecule has 1 atom stereocenters. The highest BCUT2D eigenvalue weighted by Gasteiger charge is 2.49. The molecule has 0 bridgehead atoms. The van der Waals surface area contributed by atoms with E-state index in [2.05, 4.69) is 58.8 Å². The Bertz CT molecular complexity index is 943. The molecule has 1 spiro atoms. The number of piperazine rings is 1. The summed E-state index contributed by atoms with van der Waals surface area (Å²) < 4.78 is 0. The molecule has 2 aliphatic heterocycles. The van der Waals surface area contributed by atoms with E-state index in [1.807, 2.05) is 30.3 Å². The minimum Gasteiger partial charge on any atom is -0.314 e. The van der Waals surface area contributed by atoms with Crippen LogP contribution in [-0.2, 0) is 0 Å². The third-order valence-electron chi connectivity index (χ3n) is 8.19. The maximum absolute atomic E-state index is 12.5. The van der Waals surface area contributed by atoms with Crippen molar-refractivity contribution < 1.29 is 4.79 Å². The molecular formula is C28H38N4O. The van der Waals surface area contributed by atoms with E-state index >= 15 is 0 Å². The molecule has 1 amide bonds. The Kier molecular flexibility index (Phi) is 6.55. The monoisotopic (exact) mass is 446 g/mol. The number of nitrogens with zero attached hydrogens (tertiary/aromatic N) is 2. The largest absolute Gasteiger partial charge is 0.314 e. The smallest absolute Gasteiger partial charge is 0.265 e. The standard InChI is InChI=1S/C28H38N4O/c1-21(2)24-10-6-7-11-25(24)26-20-29-14-17-32(26)23-18-28(19-23)12-15-31(16-13-28)30-27(33)22-8-4-3-5-9-22/h3-11,21,23,26,29H,12-20H2,1-2H3,(H,30,33). The van der Waals surface area contributed by atoms with Gasteiger partial charge in [0.05, 0.1) is 0 Å². The number of hydrogen-bond donors (Lipinski definition) is 2. The maximum Gasteiger partial charge on any atom is 0.265 e. The fourth-order valence-electron chi connectivity index (χ4n) is 6.26. The Morgan fingerprint density at radius 3 is 2.42 bits per heavy atom. The first-order valence-electron chi connectivity index (χ1n) is 12.7. The molecule has 5 nitrogen and oxygen atoms in total. The molecule has 1 unspecified atom stereocenters. The van der Waals surface area contributed by atoms with Crippen molar-refractivity contribution in [1.29, 1.82) is 0 Å². The quantitative estimate of drug-likeness (QED) is 0.717. The Hall–Kier alpha value is -2.21. The summed E-state index contributed by atoms with van der Waals surface area (Å²) in [6.07, 6.45) is 4.96. The summed E-state index contributed by atoms with van der Waals surface area (Å²) in [4.78, 5) is 15.3. The van der Waals surface area contributed by atoms with Crippen LogP contribution in [0.1, 0.15) is 73.0 Å². The molecule has 2 heterocycles. The summed E-state index contributed by atoms with van der Waals surface area (Å²) in [6.45, 7) is 9.79. The summed E-state index contributed by atoms with van der Waals surface area (Å²) >= 11 is 0. The van der Waals surface area contributed by atoms with Crippen LogP contribution in [0.2, 0.25) is 0 Å². The second-order valence-corrected chi connectivity index (χ2v) is 10.6. The number of hydrogen-bond acceptors (Lipinski definition) is 4. The van der Waals surface area contributed by atoms with Crippen molar-refractivity contribution in [2.45, 2.75) is 57.5 Å². The fraction of sp³-hybridized carbons (Fsp3) is 0.536. The molecule has 5 rings (SSSR count). The first-order chi connectivity index (χ1) is 16.0. The molecule has 1 aliphatic carbocycles. The summed E-state index contributed by atoms with van der Waals surface area (Å²) in [5, 5.41) is 5.78. The van der Waals surface area contributed by atoms with Gasteiger partial charge in [-0.1, -0.05) is 56.3 Å². The van der Waals surface area contributed by atoms with Crippen molar-refractivity contribution in [3.63, 3.8) is 0 Å². The molecule has 0 radical (unpaired) electrons. The lowest BCUT2D eigenvalue weighted by Crippen LogP contribution is -2.60. The van der Waals surface area contributed by atoms with Gasteiger partial charge < -0.3 is 5.32 Å². The van der Waals surface area contributed by atoms with Crippen LogP contribution in [0, 0.1) is 5.41 Å². The number of hydrazine groups is 1. The van der Waals surface area contributed by atoms with Gasteiger partial charge in [-0.25, -0.2) is 5.01 Å². The van der Waals surface area contributed by atoms with Crippen molar-refractivity contribution in [3.05, 3.63) is 71.3 Å². The van der Waals surface area contributed by atoms with E-state index in [0.717, 1.165) is 38.3 Å². The molecule has 2 N–H and O–H groups in total. The fourth-order valence-corrected chi connectivity index (χ4v) is 6.26. The lowest BCUT2D eigenvalue weighted by atomic mass is 9.59. The SMILES string of the molecule is CC(C)c1ccccc1C1CNCCN1C1CC2(CCN(NC(=O)c3ccccc3)CC2)C1. The molecule has 33 heavy (non-hydrogen) atoms. The number of carbonyl (C=O) groups is 1. The lowest BCUT2D eigenvalue weighted by molar-refractivity contribution is -0.0679. The number of rotatable bonds is 5. The zero-order valence-corrected chi connectivity index (χ0v) is 20.1. The highest BCUT2D eigenvalue weighted by molar-refractivity contribution is 5.93. The van der Waals surface area contributed by atoms with Gasteiger partial charge in [-0.3, -0.25) is 15.1 Å². The second kappa shape index (κ2) is 9.57. The minimum atomic E-state index is 0.00510. The van der Waals surface area contributed by atoms with Gasteiger partial charge in [-0.2, -0.15) is 0 Å². The first kappa shape index (κ1) is 22.6. The van der Waals surface area contributed by atoms with Gasteiger partial charge in [-0.05, 0) is 60.3 Å². The molecule has 3 fully saturated rings. The zero-order chi connectivity index (χ0) is 22.8. The third kappa shape index (κ3) is 4.72. The molecule has 176 valence electrons. The van der Waals surface area contributed by atoms with E-state index in [0.29, 0.717) is 23.4 Å². The van der Waals surface area contributed by atoms with E-state index in [1.54, 1.807) is 0 Å². The average molecular weight is 447 g/mol. The van der Waals surface area contributed by atoms with Crippen LogP contribution in [-0.4, -0.2) is 54.6 Å². The van der Waals surface area contributed by atoms with Gasteiger partial charge in [0.1, 0.15) is 0 Å². The van der Waals surface area contributed by atoms with Gasteiger partial charge in [0, 0.05) is 50.4 Å². The Morgan fingerprint density at radius 1 is 1.00 bits per heavy atom. The number of piperidine rings is 1. The maximum atomic E-state index is 12.5. The zero-order valence-electron chi connectivity index (χ0n) is 20.1. The second-order valence-electron chi connectivity index (χ2n) is 10.6. The summed E-state index contributed by atoms with van der Waals surface area (Å²) in [5.74, 6) is 0.554. The highest BCUT2D eigenvalue weighted by Crippen LogP contribution is 2.52. The average Bonchev–Trinajstić information content (AvgIpc) is 2.84. The Balaban J connectivity index is 1.18. The van der Waals surface area contributed by atoms with Crippen LogP contribution in [0.3, 0.4) is 0 Å². The predicted molar refractivity (Wildman–Crippen MR) is 133 cm³/mol. The van der Waals surface area contributed by atoms with E-state index < -0.39 is 0 Å². The van der Waals surface area contributed by atoms with Gasteiger partial charge in [-0.15, -0.1) is 0 Å². The highest BCUT2D eigenvalue weighted by atomic mass is 16.2. The van der Waals surface area contributed by atoms with Crippen molar-refractivity contribution in [2.75, 3.05) is 32.7 Å². The van der Waals surface area contributed by atoms with Gasteiger partial charge in [0.2, 0.25) is 0 Å². The van der Waals surface area contributed by atoms with Gasteiger partial charge in [0.25, 0.3) is 5.91 Å². The topological polar surface area (TPSA) is 47.6 Å². The number of nitrogens with one attached hydrogen (secondary N) is 2. The summed E-state index contributed by atoms with van der Waals surface area (Å²) in [7, 11) is 0. The first-order valence-corrected chi connectivity index (χ1v) is 12.7. The van der Waals surface area contributed by atoms with Crippen molar-refractivity contribution >= 4 is 5.91 Å². The summed E-state index contributed by atoms with van der Waals surface area (Å²) in [6, 6.07) is 19.7. The van der Waals surface area contributed by atoms with Crippen LogP contribution in [0.4, 0.5) is 0 Å². The Morgan fingerprint density at radius 2 is 1.70 bits per heavy atom. The molecule has 2 aromatic rings. The minimum absolute atomic E-state index is 0.00510. The molecule has 2 aromatic carbocycles. The third-order valence-corrected chi connectivity index (χ3v) is 8.19. The summed E-state index contributed by atoms with van der Waals surface area (Å²) in [5.41, 5.74) is 7.32. The van der Waals surface area contributed by atoms with E-state index in [-0.39, 0.29) is 5.91 Å². The van der Waals surface area contributed by atoms with Gasteiger partial charge in [0.15, 0.2) is 0 Å². The molecule has 5 heteroatoms. The van der Waals surface area contributed by atoms with Crippen LogP contribution >= 0.6 is 0 Å². The van der Waals surface area contributed by atoms with Crippen LogP contribution in [0.25, 0.3) is 0 Å². The number of benzene rings is 2.